The van der Waals surface area contributed by atoms with E-state index in [-0.39, 0.29) is 16.5 Å². The van der Waals surface area contributed by atoms with Crippen molar-refractivity contribution in [3.63, 3.8) is 0 Å². The van der Waals surface area contributed by atoms with Gasteiger partial charge in [-0.25, -0.2) is 0 Å². The Morgan fingerprint density at radius 3 is 1.43 bits per heavy atom. The number of ether oxygens (including phenoxy) is 1. The number of halogens is 1. The van der Waals surface area contributed by atoms with Gasteiger partial charge < -0.3 is 0 Å². The summed E-state index contributed by atoms with van der Waals surface area (Å²) in [6.07, 6.45) is 1.13. The SMILES string of the molecule is COc1cc2c(cc1C(C)P(Br)(c1ccccc1)(c1ccccc1)c1ccccc1)C(C)(C)CC2(C)C. The van der Waals surface area contributed by atoms with Gasteiger partial charge in [-0.15, -0.1) is 0 Å². The van der Waals surface area contributed by atoms with E-state index < -0.39 is 5.31 Å². The summed E-state index contributed by atoms with van der Waals surface area (Å²) in [4.78, 5) is 0. The Labute approximate surface area is 231 Å². The summed E-state index contributed by atoms with van der Waals surface area (Å²) in [5, 5.41) is 0.732. The molecule has 4 aromatic carbocycles. The average Bonchev–Trinajstić information content (AvgIpc) is 3.11. The third-order valence-corrected chi connectivity index (χ3v) is 19.9. The van der Waals surface area contributed by atoms with E-state index in [0.717, 1.165) is 12.2 Å². The van der Waals surface area contributed by atoms with E-state index in [0.29, 0.717) is 0 Å². The van der Waals surface area contributed by atoms with Crippen LogP contribution in [-0.4, -0.2) is 7.11 Å². The molecule has 0 N–H and O–H groups in total. The van der Waals surface area contributed by atoms with Crippen LogP contribution in [0.15, 0.2) is 103 Å². The van der Waals surface area contributed by atoms with Gasteiger partial charge in [-0.05, 0) is 0 Å². The van der Waals surface area contributed by atoms with Crippen molar-refractivity contribution in [1.82, 2.24) is 0 Å². The second kappa shape index (κ2) is 9.11. The van der Waals surface area contributed by atoms with Gasteiger partial charge in [-0.2, -0.15) is 0 Å². The van der Waals surface area contributed by atoms with E-state index in [4.69, 9.17) is 4.74 Å². The maximum atomic E-state index is 6.20. The first-order valence-electron chi connectivity index (χ1n) is 13.2. The Balaban J connectivity index is 1.91. The van der Waals surface area contributed by atoms with Crippen LogP contribution in [0.2, 0.25) is 0 Å². The van der Waals surface area contributed by atoms with E-state index in [2.05, 4.69) is 153 Å². The molecule has 1 unspecified atom stereocenters. The fraction of sp³-hybridized carbons (Fsp3) is 0.294. The Morgan fingerprint density at radius 2 is 1.05 bits per heavy atom. The van der Waals surface area contributed by atoms with Crippen molar-refractivity contribution >= 4 is 36.7 Å². The van der Waals surface area contributed by atoms with Crippen LogP contribution in [0.3, 0.4) is 0 Å². The van der Waals surface area contributed by atoms with Crippen LogP contribution in [0.4, 0.5) is 0 Å². The minimum atomic E-state index is -3.23. The molecule has 1 aliphatic rings. The van der Waals surface area contributed by atoms with Gasteiger partial charge in [-0.1, -0.05) is 0 Å². The van der Waals surface area contributed by atoms with E-state index in [1.54, 1.807) is 0 Å². The molecule has 0 saturated heterocycles. The topological polar surface area (TPSA) is 9.23 Å². The summed E-state index contributed by atoms with van der Waals surface area (Å²) >= 11 is 4.69. The molecule has 1 aliphatic carbocycles. The molecule has 0 heterocycles. The molecule has 0 amide bonds. The molecule has 4 aromatic rings. The van der Waals surface area contributed by atoms with Gasteiger partial charge in [0, 0.05) is 0 Å². The van der Waals surface area contributed by atoms with Crippen molar-refractivity contribution < 1.29 is 4.74 Å². The van der Waals surface area contributed by atoms with Crippen LogP contribution < -0.4 is 20.7 Å². The molecule has 3 heteroatoms. The molecule has 0 aliphatic heterocycles. The van der Waals surface area contributed by atoms with Crippen molar-refractivity contribution in [3.8, 4) is 5.75 Å². The molecule has 192 valence electrons. The molecule has 0 fully saturated rings. The van der Waals surface area contributed by atoms with Crippen LogP contribution in [0.1, 0.15) is 63.4 Å². The van der Waals surface area contributed by atoms with Crippen molar-refractivity contribution in [1.29, 1.82) is 0 Å². The van der Waals surface area contributed by atoms with Crippen molar-refractivity contribution in [2.75, 3.05) is 7.11 Å². The van der Waals surface area contributed by atoms with Crippen LogP contribution >= 0.6 is 20.8 Å². The standard InChI is InChI=1S/C34H38BrOP/c1-25(29-22-30-31(23-32(29)36-6)34(4,5)24-33(30,2)3)37(35,26-16-10-7-11-17-26,27-18-12-8-13-19-27)28-20-14-9-15-21-28/h7-23,25H,24H2,1-6H3. The van der Waals surface area contributed by atoms with Gasteiger partial charge in [-0.3, -0.25) is 0 Å². The van der Waals surface area contributed by atoms with Crippen LogP contribution in [0.5, 0.6) is 5.75 Å². The van der Waals surface area contributed by atoms with Crippen LogP contribution in [-0.2, 0) is 10.8 Å². The Kier molecular flexibility index (Phi) is 6.45. The summed E-state index contributed by atoms with van der Waals surface area (Å²) in [5.41, 5.74) is 4.46. The third-order valence-electron chi connectivity index (χ3n) is 8.67. The van der Waals surface area contributed by atoms with Crippen molar-refractivity contribution in [2.45, 2.75) is 57.5 Å². The first kappa shape index (κ1) is 26.2. The van der Waals surface area contributed by atoms with Gasteiger partial charge in [0.25, 0.3) is 0 Å². The first-order chi connectivity index (χ1) is 17.5. The van der Waals surface area contributed by atoms with Gasteiger partial charge in [0.15, 0.2) is 0 Å². The molecule has 1 atom stereocenters. The average molecular weight is 574 g/mol. The predicted octanol–water partition coefficient (Wildman–Crippen LogP) is 8.55. The predicted molar refractivity (Wildman–Crippen MR) is 166 cm³/mol. The zero-order chi connectivity index (χ0) is 26.5. The Hall–Kier alpha value is -2.41. The number of hydrogen-bond donors (Lipinski definition) is 0. The van der Waals surface area contributed by atoms with E-state index in [1.165, 1.54) is 32.6 Å². The molecule has 1 nitrogen and oxygen atoms in total. The van der Waals surface area contributed by atoms with E-state index >= 15 is 0 Å². The summed E-state index contributed by atoms with van der Waals surface area (Å²) < 4.78 is 6.20. The molecule has 0 spiro atoms. The first-order valence-corrected chi connectivity index (χ1v) is 17.5. The summed E-state index contributed by atoms with van der Waals surface area (Å²) in [5.74, 6) is 0.980. The van der Waals surface area contributed by atoms with Crippen LogP contribution in [0.25, 0.3) is 0 Å². The molecule has 0 radical (unpaired) electrons. The maximum absolute atomic E-state index is 6.20. The van der Waals surface area contributed by atoms with E-state index in [9.17, 15) is 0 Å². The Bertz CT molecular complexity index is 1310. The fourth-order valence-corrected chi connectivity index (χ4v) is 15.1. The Morgan fingerprint density at radius 1 is 0.676 bits per heavy atom. The summed E-state index contributed by atoms with van der Waals surface area (Å²) in [6, 6.07) is 38.0. The van der Waals surface area contributed by atoms with E-state index in [1.807, 2.05) is 7.11 Å². The van der Waals surface area contributed by atoms with Gasteiger partial charge >= 0.3 is 232 Å². The quantitative estimate of drug-likeness (QED) is 0.210. The number of methoxy groups -OCH3 is 1. The summed E-state index contributed by atoms with van der Waals surface area (Å²) in [7, 11) is 1.82. The zero-order valence-corrected chi connectivity index (χ0v) is 25.3. The molecular weight excluding hydrogens is 535 g/mol. The second-order valence-electron chi connectivity index (χ2n) is 11.8. The third kappa shape index (κ3) is 3.83. The molecule has 0 aromatic heterocycles. The molecular formula is C34H38BrOP. The molecule has 5 rings (SSSR count). The molecule has 37 heavy (non-hydrogen) atoms. The molecule has 0 saturated carbocycles. The van der Waals surface area contributed by atoms with Gasteiger partial charge in [0.05, 0.1) is 0 Å². The van der Waals surface area contributed by atoms with Crippen molar-refractivity contribution in [3.05, 3.63) is 120 Å². The van der Waals surface area contributed by atoms with Gasteiger partial charge in [0.1, 0.15) is 0 Å². The van der Waals surface area contributed by atoms with Gasteiger partial charge in [0.2, 0.25) is 0 Å². The van der Waals surface area contributed by atoms with Crippen LogP contribution in [0, 0.1) is 0 Å². The number of benzene rings is 4. The van der Waals surface area contributed by atoms with Crippen molar-refractivity contribution in [2.24, 2.45) is 0 Å². The number of fused-ring (bicyclic) bond motifs is 1. The monoisotopic (exact) mass is 572 g/mol. The number of hydrogen-bond acceptors (Lipinski definition) is 1. The second-order valence-corrected chi connectivity index (χ2v) is 20.7. The minimum absolute atomic E-state index is 0.106. The summed E-state index contributed by atoms with van der Waals surface area (Å²) in [6.45, 7) is 11.9. The fourth-order valence-electron chi connectivity index (χ4n) is 7.05. The zero-order valence-electron chi connectivity index (χ0n) is 22.8. The number of rotatable bonds is 6. The normalized spacial score (nSPS) is 17.9. The molecule has 0 bridgehead atoms.